The molecule has 0 aliphatic carbocycles. The first kappa shape index (κ1) is 17.8. The lowest BCUT2D eigenvalue weighted by atomic mass is 10.1. The molecule has 0 bridgehead atoms. The number of nitrogens with zero attached hydrogens (tertiary/aromatic N) is 1. The van der Waals surface area contributed by atoms with Gasteiger partial charge < -0.3 is 19.7 Å². The summed E-state index contributed by atoms with van der Waals surface area (Å²) in [4.78, 5) is 25.1. The van der Waals surface area contributed by atoms with E-state index in [2.05, 4.69) is 5.32 Å². The summed E-state index contributed by atoms with van der Waals surface area (Å²) in [5, 5.41) is 3.05. The van der Waals surface area contributed by atoms with E-state index in [1.165, 1.54) is 0 Å². The molecule has 6 nitrogen and oxygen atoms in total. The van der Waals surface area contributed by atoms with Gasteiger partial charge in [-0.05, 0) is 53.5 Å². The molecule has 0 unspecified atom stereocenters. The minimum atomic E-state index is -0.466. The van der Waals surface area contributed by atoms with Crippen molar-refractivity contribution in [1.82, 2.24) is 10.2 Å². The summed E-state index contributed by atoms with van der Waals surface area (Å²) >= 11 is 0. The van der Waals surface area contributed by atoms with Crippen LogP contribution in [-0.4, -0.2) is 54.8 Å². The SMILES string of the molecule is CCOC(=O)CNCC[C@@H]1CCCN1C(=O)OC(C)(C)C. The third-order valence-corrected chi connectivity index (χ3v) is 3.23. The molecule has 0 aromatic rings. The quantitative estimate of drug-likeness (QED) is 0.599. The van der Waals surface area contributed by atoms with Crippen molar-refractivity contribution in [2.24, 2.45) is 0 Å². The summed E-state index contributed by atoms with van der Waals surface area (Å²) in [6.45, 7) is 9.45. The van der Waals surface area contributed by atoms with Crippen LogP contribution in [0, 0.1) is 0 Å². The molecule has 1 heterocycles. The zero-order valence-electron chi connectivity index (χ0n) is 13.6. The highest BCUT2D eigenvalue weighted by Gasteiger charge is 2.31. The van der Waals surface area contributed by atoms with Crippen LogP contribution in [0.3, 0.4) is 0 Å². The van der Waals surface area contributed by atoms with Crippen molar-refractivity contribution < 1.29 is 19.1 Å². The molecule has 1 amide bonds. The van der Waals surface area contributed by atoms with E-state index in [0.29, 0.717) is 13.2 Å². The van der Waals surface area contributed by atoms with Gasteiger partial charge in [-0.1, -0.05) is 0 Å². The molecule has 0 radical (unpaired) electrons. The molecule has 6 heteroatoms. The minimum Gasteiger partial charge on any atom is -0.465 e. The van der Waals surface area contributed by atoms with Crippen molar-refractivity contribution in [3.8, 4) is 0 Å². The summed E-state index contributed by atoms with van der Waals surface area (Å²) < 4.78 is 10.3. The largest absolute Gasteiger partial charge is 0.465 e. The van der Waals surface area contributed by atoms with Crippen LogP contribution in [0.15, 0.2) is 0 Å². The van der Waals surface area contributed by atoms with Crippen LogP contribution in [0.1, 0.15) is 47.0 Å². The summed E-state index contributed by atoms with van der Waals surface area (Å²) in [6, 6.07) is 0.189. The molecule has 1 aliphatic heterocycles. The number of ether oxygens (including phenoxy) is 2. The van der Waals surface area contributed by atoms with Gasteiger partial charge in [0.1, 0.15) is 5.60 Å². The van der Waals surface area contributed by atoms with E-state index in [-0.39, 0.29) is 24.6 Å². The van der Waals surface area contributed by atoms with Crippen LogP contribution in [-0.2, 0) is 14.3 Å². The molecule has 1 fully saturated rings. The predicted molar refractivity (Wildman–Crippen MR) is 80.1 cm³/mol. The molecular weight excluding hydrogens is 272 g/mol. The Morgan fingerprint density at radius 3 is 2.67 bits per heavy atom. The van der Waals surface area contributed by atoms with Gasteiger partial charge in [-0.25, -0.2) is 4.79 Å². The van der Waals surface area contributed by atoms with E-state index in [1.54, 1.807) is 11.8 Å². The summed E-state index contributed by atoms with van der Waals surface area (Å²) in [5.74, 6) is -0.243. The number of hydrogen-bond acceptors (Lipinski definition) is 5. The number of hydrogen-bond donors (Lipinski definition) is 1. The molecule has 1 atom stereocenters. The second kappa shape index (κ2) is 8.22. The normalized spacial score (nSPS) is 18.7. The maximum Gasteiger partial charge on any atom is 0.410 e. The Hall–Kier alpha value is -1.30. The fourth-order valence-corrected chi connectivity index (χ4v) is 2.37. The second-order valence-electron chi connectivity index (χ2n) is 6.24. The summed E-state index contributed by atoms with van der Waals surface area (Å²) in [7, 11) is 0. The molecule has 122 valence electrons. The Bertz CT molecular complexity index is 352. The van der Waals surface area contributed by atoms with Gasteiger partial charge in [-0.3, -0.25) is 4.79 Å². The van der Waals surface area contributed by atoms with Crippen molar-refractivity contribution in [3.63, 3.8) is 0 Å². The van der Waals surface area contributed by atoms with E-state index < -0.39 is 5.60 Å². The van der Waals surface area contributed by atoms with Gasteiger partial charge in [-0.15, -0.1) is 0 Å². The predicted octanol–water partition coefficient (Wildman–Crippen LogP) is 1.93. The van der Waals surface area contributed by atoms with E-state index in [1.807, 2.05) is 20.8 Å². The topological polar surface area (TPSA) is 67.9 Å². The zero-order chi connectivity index (χ0) is 15.9. The molecule has 21 heavy (non-hydrogen) atoms. The number of likely N-dealkylation sites (tertiary alicyclic amines) is 1. The van der Waals surface area contributed by atoms with Gasteiger partial charge in [0.05, 0.1) is 13.2 Å². The molecule has 1 saturated heterocycles. The molecule has 0 aromatic heterocycles. The average molecular weight is 300 g/mol. The molecule has 0 spiro atoms. The number of carbonyl (C=O) groups excluding carboxylic acids is 2. The van der Waals surface area contributed by atoms with E-state index in [9.17, 15) is 9.59 Å². The maximum absolute atomic E-state index is 12.1. The summed E-state index contributed by atoms with van der Waals surface area (Å²) in [5.41, 5.74) is -0.466. The second-order valence-corrected chi connectivity index (χ2v) is 6.24. The first-order chi connectivity index (χ1) is 9.83. The molecule has 1 aliphatic rings. The smallest absolute Gasteiger partial charge is 0.410 e. The van der Waals surface area contributed by atoms with Crippen LogP contribution in [0.4, 0.5) is 4.79 Å². The Morgan fingerprint density at radius 1 is 1.33 bits per heavy atom. The monoisotopic (exact) mass is 300 g/mol. The van der Waals surface area contributed by atoms with E-state index >= 15 is 0 Å². The molecule has 1 N–H and O–H groups in total. The van der Waals surface area contributed by atoms with Crippen molar-refractivity contribution in [2.75, 3.05) is 26.2 Å². The van der Waals surface area contributed by atoms with Gasteiger partial charge in [0.2, 0.25) is 0 Å². The van der Waals surface area contributed by atoms with Crippen LogP contribution in [0.5, 0.6) is 0 Å². The fourth-order valence-electron chi connectivity index (χ4n) is 2.37. The first-order valence-corrected chi connectivity index (χ1v) is 7.69. The Morgan fingerprint density at radius 2 is 2.05 bits per heavy atom. The molecular formula is C15H28N2O4. The summed E-state index contributed by atoms with van der Waals surface area (Å²) in [6.07, 6.45) is 2.57. The molecule has 1 rings (SSSR count). The van der Waals surface area contributed by atoms with Crippen LogP contribution in [0.2, 0.25) is 0 Å². The first-order valence-electron chi connectivity index (χ1n) is 7.69. The number of amides is 1. The zero-order valence-corrected chi connectivity index (χ0v) is 13.6. The van der Waals surface area contributed by atoms with Crippen molar-refractivity contribution >= 4 is 12.1 Å². The average Bonchev–Trinajstić information content (AvgIpc) is 2.81. The van der Waals surface area contributed by atoms with Gasteiger partial charge >= 0.3 is 12.1 Å². The van der Waals surface area contributed by atoms with E-state index in [0.717, 1.165) is 25.8 Å². The van der Waals surface area contributed by atoms with Gasteiger partial charge in [-0.2, -0.15) is 0 Å². The number of esters is 1. The maximum atomic E-state index is 12.1. The number of carbonyl (C=O) groups is 2. The lowest BCUT2D eigenvalue weighted by Gasteiger charge is -2.28. The van der Waals surface area contributed by atoms with Crippen LogP contribution < -0.4 is 5.32 Å². The highest BCUT2D eigenvalue weighted by atomic mass is 16.6. The standard InChI is InChI=1S/C15H28N2O4/c1-5-20-13(18)11-16-9-8-12-7-6-10-17(12)14(19)21-15(2,3)4/h12,16H,5-11H2,1-4H3/t12-/m0/s1. The van der Waals surface area contributed by atoms with Gasteiger partial charge in [0.25, 0.3) is 0 Å². The Labute approximate surface area is 127 Å². The Balaban J connectivity index is 2.30. The lowest BCUT2D eigenvalue weighted by molar-refractivity contribution is -0.142. The molecule has 0 saturated carbocycles. The van der Waals surface area contributed by atoms with Crippen LogP contribution >= 0.6 is 0 Å². The third-order valence-electron chi connectivity index (χ3n) is 3.23. The lowest BCUT2D eigenvalue weighted by Crippen LogP contribution is -2.41. The van der Waals surface area contributed by atoms with Crippen molar-refractivity contribution in [3.05, 3.63) is 0 Å². The van der Waals surface area contributed by atoms with Crippen LogP contribution in [0.25, 0.3) is 0 Å². The van der Waals surface area contributed by atoms with Crippen molar-refractivity contribution in [1.29, 1.82) is 0 Å². The Kier molecular flexibility index (Phi) is 6.95. The highest BCUT2D eigenvalue weighted by molar-refractivity contribution is 5.71. The van der Waals surface area contributed by atoms with Gasteiger partial charge in [0, 0.05) is 12.6 Å². The molecule has 0 aromatic carbocycles. The van der Waals surface area contributed by atoms with Gasteiger partial charge in [0.15, 0.2) is 0 Å². The van der Waals surface area contributed by atoms with E-state index in [4.69, 9.17) is 9.47 Å². The highest BCUT2D eigenvalue weighted by Crippen LogP contribution is 2.22. The fraction of sp³-hybridized carbons (Fsp3) is 0.867. The third kappa shape index (κ3) is 6.80. The van der Waals surface area contributed by atoms with Crippen molar-refractivity contribution in [2.45, 2.75) is 58.6 Å². The number of nitrogens with one attached hydrogen (secondary N) is 1. The minimum absolute atomic E-state index is 0.189. The number of rotatable bonds is 6.